The molecule has 1 aliphatic rings. The van der Waals surface area contributed by atoms with Crippen LogP contribution in [0.15, 0.2) is 35.4 Å². The highest BCUT2D eigenvalue weighted by atomic mass is 19.4. The molecule has 188 valence electrons. The normalized spacial score (nSPS) is 18.6. The summed E-state index contributed by atoms with van der Waals surface area (Å²) in [5, 5.41) is 4.18. The number of halogens is 4. The number of hydrogen-bond donors (Lipinski definition) is 0. The van der Waals surface area contributed by atoms with E-state index in [1.165, 1.54) is 11.6 Å². The molecule has 0 N–H and O–H groups in total. The van der Waals surface area contributed by atoms with Crippen LogP contribution in [0.25, 0.3) is 22.3 Å². The molecule has 3 aromatic heterocycles. The fraction of sp³-hybridized carbons (Fsp3) is 0.375. The van der Waals surface area contributed by atoms with E-state index in [1.54, 1.807) is 24.9 Å². The quantitative estimate of drug-likeness (QED) is 0.390. The predicted molar refractivity (Wildman–Crippen MR) is 122 cm³/mol. The van der Waals surface area contributed by atoms with Gasteiger partial charge in [-0.2, -0.15) is 18.3 Å². The highest BCUT2D eigenvalue weighted by Crippen LogP contribution is 2.38. The van der Waals surface area contributed by atoms with Gasteiger partial charge in [0.1, 0.15) is 28.7 Å². The van der Waals surface area contributed by atoms with Gasteiger partial charge in [-0.05, 0) is 38.0 Å². The third-order valence-corrected chi connectivity index (χ3v) is 6.46. The van der Waals surface area contributed by atoms with Crippen LogP contribution >= 0.6 is 0 Å². The number of fused-ring (bicyclic) bond motifs is 1. The molecule has 0 bridgehead atoms. The van der Waals surface area contributed by atoms with Crippen molar-refractivity contribution in [2.75, 3.05) is 6.61 Å². The average Bonchev–Trinajstić information content (AvgIpc) is 3.28. The van der Waals surface area contributed by atoms with E-state index in [9.17, 15) is 18.0 Å². The molecular formula is C24H22F4N6O2. The largest absolute Gasteiger partial charge is 0.416 e. The van der Waals surface area contributed by atoms with E-state index in [1.807, 2.05) is 6.20 Å². The smallest absolute Gasteiger partial charge is 0.373 e. The van der Waals surface area contributed by atoms with Crippen molar-refractivity contribution < 1.29 is 22.3 Å². The van der Waals surface area contributed by atoms with Gasteiger partial charge in [0.25, 0.3) is 5.56 Å². The second-order valence-corrected chi connectivity index (χ2v) is 8.87. The molecule has 1 fully saturated rings. The third-order valence-electron chi connectivity index (χ3n) is 6.46. The minimum absolute atomic E-state index is 0.0215. The van der Waals surface area contributed by atoms with Gasteiger partial charge in [-0.25, -0.2) is 19.3 Å². The Morgan fingerprint density at radius 2 is 1.89 bits per heavy atom. The van der Waals surface area contributed by atoms with Gasteiger partial charge in [-0.1, -0.05) is 0 Å². The first-order valence-electron chi connectivity index (χ1n) is 11.3. The molecule has 5 rings (SSSR count). The summed E-state index contributed by atoms with van der Waals surface area (Å²) >= 11 is 0. The maximum atomic E-state index is 15.0. The van der Waals surface area contributed by atoms with Crippen molar-refractivity contribution in [3.05, 3.63) is 69.5 Å². The number of nitrogens with zero attached hydrogens (tertiary/aromatic N) is 6. The summed E-state index contributed by atoms with van der Waals surface area (Å²) in [6.07, 6.45) is -0.379. The van der Waals surface area contributed by atoms with Crippen LogP contribution < -0.4 is 5.56 Å². The molecule has 0 spiro atoms. The van der Waals surface area contributed by atoms with Crippen LogP contribution in [0, 0.1) is 12.7 Å². The van der Waals surface area contributed by atoms with Crippen molar-refractivity contribution >= 4 is 11.0 Å². The highest BCUT2D eigenvalue weighted by molar-refractivity contribution is 5.88. The van der Waals surface area contributed by atoms with E-state index >= 15 is 4.39 Å². The van der Waals surface area contributed by atoms with E-state index in [0.717, 1.165) is 17.7 Å². The maximum Gasteiger partial charge on any atom is 0.416 e. The molecule has 4 heterocycles. The summed E-state index contributed by atoms with van der Waals surface area (Å²) < 4.78 is 63.3. The zero-order chi connectivity index (χ0) is 25.8. The Bertz CT molecular complexity index is 1530. The molecule has 0 radical (unpaired) electrons. The second kappa shape index (κ2) is 8.77. The van der Waals surface area contributed by atoms with E-state index in [-0.39, 0.29) is 40.1 Å². The Balaban J connectivity index is 1.67. The molecule has 1 aromatic carbocycles. The van der Waals surface area contributed by atoms with Crippen molar-refractivity contribution in [3.63, 3.8) is 0 Å². The standard InChI is InChI=1S/C24H22F4N6O2/c1-12-30-20-19(16-5-4-15(9-17(16)25)24(26,27)28)31-22(32-21(20)23(35)34(12)3)13-6-7-36-18(8-13)14-10-29-33(2)11-14/h4-5,9-11,13,18H,6-8H2,1-3H3/t13-,18+/m0/s1. The fourth-order valence-electron chi connectivity index (χ4n) is 4.39. The lowest BCUT2D eigenvalue weighted by Crippen LogP contribution is -2.25. The van der Waals surface area contributed by atoms with Crippen LogP contribution in [0.5, 0.6) is 0 Å². The molecule has 4 aromatic rings. The van der Waals surface area contributed by atoms with Crippen LogP contribution in [0.4, 0.5) is 17.6 Å². The number of ether oxygens (including phenoxy) is 1. The van der Waals surface area contributed by atoms with Gasteiger partial charge in [-0.15, -0.1) is 0 Å². The van der Waals surface area contributed by atoms with Crippen molar-refractivity contribution in [1.29, 1.82) is 0 Å². The molecular weight excluding hydrogens is 480 g/mol. The van der Waals surface area contributed by atoms with Crippen LogP contribution in [-0.2, 0) is 25.0 Å². The summed E-state index contributed by atoms with van der Waals surface area (Å²) in [5.74, 6) is -0.733. The number of alkyl halides is 3. The van der Waals surface area contributed by atoms with Crippen molar-refractivity contribution in [2.24, 2.45) is 14.1 Å². The minimum atomic E-state index is -4.70. The Morgan fingerprint density at radius 3 is 2.56 bits per heavy atom. The zero-order valence-corrected chi connectivity index (χ0v) is 19.7. The minimum Gasteiger partial charge on any atom is -0.373 e. The topological polar surface area (TPSA) is 87.7 Å². The lowest BCUT2D eigenvalue weighted by atomic mass is 9.92. The van der Waals surface area contributed by atoms with Gasteiger partial charge in [0, 0.05) is 43.9 Å². The molecule has 0 aliphatic carbocycles. The number of hydrogen-bond acceptors (Lipinski definition) is 6. The zero-order valence-electron chi connectivity index (χ0n) is 19.7. The lowest BCUT2D eigenvalue weighted by Gasteiger charge is -2.28. The summed E-state index contributed by atoms with van der Waals surface area (Å²) in [6, 6.07) is 2.22. The fourth-order valence-corrected chi connectivity index (χ4v) is 4.39. The first-order chi connectivity index (χ1) is 17.0. The highest BCUT2D eigenvalue weighted by Gasteiger charge is 2.33. The van der Waals surface area contributed by atoms with Gasteiger partial charge in [0.2, 0.25) is 0 Å². The second-order valence-electron chi connectivity index (χ2n) is 8.87. The number of benzene rings is 1. The Labute approximate surface area is 202 Å². The summed E-state index contributed by atoms with van der Waals surface area (Å²) in [4.78, 5) is 26.6. The first-order valence-corrected chi connectivity index (χ1v) is 11.3. The molecule has 2 atom stereocenters. The van der Waals surface area contributed by atoms with Crippen molar-refractivity contribution in [2.45, 2.75) is 38.0 Å². The number of aryl methyl sites for hydroxylation is 2. The van der Waals surface area contributed by atoms with Crippen LogP contribution in [0.3, 0.4) is 0 Å². The monoisotopic (exact) mass is 502 g/mol. The maximum absolute atomic E-state index is 15.0. The van der Waals surface area contributed by atoms with Gasteiger partial charge in [-0.3, -0.25) is 14.0 Å². The van der Waals surface area contributed by atoms with Crippen molar-refractivity contribution in [1.82, 2.24) is 29.3 Å². The van der Waals surface area contributed by atoms with E-state index in [2.05, 4.69) is 20.1 Å². The Kier molecular flexibility index (Phi) is 5.86. The molecule has 36 heavy (non-hydrogen) atoms. The van der Waals surface area contributed by atoms with Crippen molar-refractivity contribution in [3.8, 4) is 11.3 Å². The molecule has 1 saturated heterocycles. The third kappa shape index (κ3) is 4.25. The molecule has 0 saturated carbocycles. The van der Waals surface area contributed by atoms with Crippen LogP contribution in [0.2, 0.25) is 0 Å². The summed E-state index contributed by atoms with van der Waals surface area (Å²) in [7, 11) is 3.34. The first kappa shape index (κ1) is 24.0. The van der Waals surface area contributed by atoms with E-state index in [4.69, 9.17) is 4.74 Å². The van der Waals surface area contributed by atoms with Gasteiger partial charge in [0.05, 0.1) is 17.9 Å². The van der Waals surface area contributed by atoms with E-state index in [0.29, 0.717) is 31.3 Å². The summed E-state index contributed by atoms with van der Waals surface area (Å²) in [6.45, 7) is 2.00. The molecule has 8 nitrogen and oxygen atoms in total. The summed E-state index contributed by atoms with van der Waals surface area (Å²) in [5.41, 5.74) is -0.887. The van der Waals surface area contributed by atoms with Crippen LogP contribution in [-0.4, -0.2) is 35.9 Å². The number of rotatable bonds is 3. The van der Waals surface area contributed by atoms with Crippen LogP contribution in [0.1, 0.15) is 47.6 Å². The molecule has 0 amide bonds. The Hall–Kier alpha value is -3.67. The SMILES string of the molecule is Cc1nc2c(-c3ccc(C(F)(F)F)cc3F)nc([C@H]3CCO[C@@H](c4cnn(C)c4)C3)nc2c(=O)n1C. The molecule has 12 heteroatoms. The molecule has 0 unspecified atom stereocenters. The Morgan fingerprint density at radius 1 is 1.11 bits per heavy atom. The number of aromatic nitrogens is 6. The molecule has 1 aliphatic heterocycles. The predicted octanol–water partition coefficient (Wildman–Crippen LogP) is 4.23. The lowest BCUT2D eigenvalue weighted by molar-refractivity contribution is -0.137. The van der Waals surface area contributed by atoms with Gasteiger partial charge >= 0.3 is 6.18 Å². The van der Waals surface area contributed by atoms with Gasteiger partial charge < -0.3 is 4.74 Å². The van der Waals surface area contributed by atoms with Gasteiger partial charge in [0.15, 0.2) is 5.52 Å². The average molecular weight is 502 g/mol. The van der Waals surface area contributed by atoms with E-state index < -0.39 is 23.1 Å².